The van der Waals surface area contributed by atoms with E-state index in [4.69, 9.17) is 9.47 Å². The van der Waals surface area contributed by atoms with Crippen LogP contribution in [0, 0.1) is 6.92 Å². The Kier molecular flexibility index (Phi) is 5.51. The first-order chi connectivity index (χ1) is 15.1. The van der Waals surface area contributed by atoms with E-state index in [1.165, 1.54) is 0 Å². The number of aromatic nitrogens is 3. The highest BCUT2D eigenvalue weighted by Gasteiger charge is 2.28. The van der Waals surface area contributed by atoms with E-state index in [9.17, 15) is 4.79 Å². The fraction of sp³-hybridized carbons (Fsp3) is 0.381. The van der Waals surface area contributed by atoms with E-state index in [2.05, 4.69) is 41.0 Å². The minimum atomic E-state index is -0.614. The van der Waals surface area contributed by atoms with Crippen LogP contribution < -0.4 is 15.0 Å². The Morgan fingerprint density at radius 3 is 2.61 bits per heavy atom. The predicted molar refractivity (Wildman–Crippen MR) is 120 cm³/mol. The van der Waals surface area contributed by atoms with Crippen molar-refractivity contribution < 1.29 is 14.3 Å². The van der Waals surface area contributed by atoms with Gasteiger partial charge in [-0.05, 0) is 47.1 Å². The summed E-state index contributed by atoms with van der Waals surface area (Å²) in [6.45, 7) is 7.68. The highest BCUT2D eigenvalue weighted by molar-refractivity contribution is 9.10. The van der Waals surface area contributed by atoms with Gasteiger partial charge in [-0.2, -0.15) is 0 Å². The van der Waals surface area contributed by atoms with Gasteiger partial charge in [0.25, 0.3) is 5.88 Å². The first-order valence-corrected chi connectivity index (χ1v) is 11.0. The number of amides is 1. The molecule has 1 N–H and O–H groups in total. The summed E-state index contributed by atoms with van der Waals surface area (Å²) in [5, 5.41) is 2.75. The number of carbonyl (C=O) groups excluding carboxylic acids is 1. The molecule has 31 heavy (non-hydrogen) atoms. The van der Waals surface area contributed by atoms with Crippen LogP contribution in [0.3, 0.4) is 0 Å². The van der Waals surface area contributed by atoms with Gasteiger partial charge in [0.2, 0.25) is 5.65 Å². The van der Waals surface area contributed by atoms with Gasteiger partial charge in [0.05, 0.1) is 24.9 Å². The summed E-state index contributed by atoms with van der Waals surface area (Å²) in [4.78, 5) is 25.8. The summed E-state index contributed by atoms with van der Waals surface area (Å²) in [5.41, 5.74) is 3.16. The van der Waals surface area contributed by atoms with Crippen molar-refractivity contribution in [3.8, 4) is 5.88 Å². The molecule has 3 aromatic rings. The van der Waals surface area contributed by atoms with Crippen molar-refractivity contribution in [2.24, 2.45) is 0 Å². The molecule has 1 aromatic carbocycles. The van der Waals surface area contributed by atoms with Crippen molar-refractivity contribution in [2.75, 3.05) is 49.6 Å². The molecule has 0 aliphatic carbocycles. The second kappa shape index (κ2) is 8.45. The number of piperazine rings is 1. The number of ether oxygens (including phenoxy) is 2. The molecule has 0 radical (unpaired) electrons. The number of nitrogens with one attached hydrogen (secondary N) is 1. The molecule has 0 unspecified atom stereocenters. The van der Waals surface area contributed by atoms with Crippen LogP contribution >= 0.6 is 15.9 Å². The van der Waals surface area contributed by atoms with E-state index in [1.54, 1.807) is 12.4 Å². The summed E-state index contributed by atoms with van der Waals surface area (Å²) in [6, 6.07) is 8.39. The van der Waals surface area contributed by atoms with Crippen LogP contribution in [0.1, 0.15) is 5.69 Å². The second-order valence-electron chi connectivity index (χ2n) is 7.69. The number of halogens is 1. The Morgan fingerprint density at radius 1 is 1.19 bits per heavy atom. The topological polar surface area (TPSA) is 84.2 Å². The highest BCUT2D eigenvalue weighted by atomic mass is 79.9. The third kappa shape index (κ3) is 4.10. The molecule has 2 saturated heterocycles. The molecule has 0 spiro atoms. The van der Waals surface area contributed by atoms with E-state index >= 15 is 0 Å². The van der Waals surface area contributed by atoms with Crippen molar-refractivity contribution in [1.29, 1.82) is 0 Å². The summed E-state index contributed by atoms with van der Waals surface area (Å²) >= 11 is 3.39. The molecule has 1 amide bonds. The maximum Gasteiger partial charge on any atom is 0.418 e. The van der Waals surface area contributed by atoms with Crippen molar-refractivity contribution >= 4 is 39.0 Å². The Balaban J connectivity index is 1.20. The van der Waals surface area contributed by atoms with E-state index in [1.807, 2.05) is 35.6 Å². The molecule has 5 rings (SSSR count). The van der Waals surface area contributed by atoms with E-state index in [-0.39, 0.29) is 5.88 Å². The molecule has 9 nitrogen and oxygen atoms in total. The van der Waals surface area contributed by atoms with Gasteiger partial charge in [-0.1, -0.05) is 0 Å². The molecule has 0 saturated carbocycles. The Hall–Kier alpha value is -2.69. The Morgan fingerprint density at radius 2 is 1.94 bits per heavy atom. The lowest BCUT2D eigenvalue weighted by Crippen LogP contribution is -2.56. The Bertz CT molecular complexity index is 1090. The number of rotatable bonds is 4. The first kappa shape index (κ1) is 20.2. The van der Waals surface area contributed by atoms with Crippen molar-refractivity contribution in [1.82, 2.24) is 19.3 Å². The number of benzene rings is 1. The minimum absolute atomic E-state index is 0.145. The normalized spacial score (nSPS) is 17.5. The van der Waals surface area contributed by atoms with Crippen LogP contribution in [0.5, 0.6) is 5.88 Å². The molecular formula is C21H23BrN6O3. The lowest BCUT2D eigenvalue weighted by molar-refractivity contribution is -0.0660. The molecule has 2 aliphatic heterocycles. The van der Waals surface area contributed by atoms with Crippen molar-refractivity contribution in [3.05, 3.63) is 47.0 Å². The van der Waals surface area contributed by atoms with Crippen LogP contribution in [-0.4, -0.2) is 70.8 Å². The molecule has 0 bridgehead atoms. The number of fused-ring (bicyclic) bond motifs is 1. The monoisotopic (exact) mass is 486 g/mol. The zero-order valence-electron chi connectivity index (χ0n) is 17.1. The third-order valence-electron chi connectivity index (χ3n) is 5.81. The molecule has 162 valence electrons. The smallest absolute Gasteiger partial charge is 0.387 e. The molecular weight excluding hydrogens is 464 g/mol. The van der Waals surface area contributed by atoms with Gasteiger partial charge in [-0.15, -0.1) is 0 Å². The molecule has 2 fully saturated rings. The number of carbonyl (C=O) groups is 1. The molecule has 0 atom stereocenters. The van der Waals surface area contributed by atoms with Gasteiger partial charge in [0.15, 0.2) is 0 Å². The second-order valence-corrected chi connectivity index (χ2v) is 8.44. The first-order valence-electron chi connectivity index (χ1n) is 10.2. The number of hydrogen-bond acceptors (Lipinski definition) is 7. The van der Waals surface area contributed by atoms with Gasteiger partial charge in [-0.3, -0.25) is 14.6 Å². The number of anilines is 2. The standard InChI is InChI=1S/C21H23BrN6O3/c1-14-18(22)25-20(19-23-6-7-28(14)19)31-21(29)24-15-2-4-16(5-3-15)26-8-10-27(11-9-26)17-12-30-13-17/h2-7,17H,8-13H2,1H3,(H,24,29). The van der Waals surface area contributed by atoms with Crippen LogP contribution in [0.15, 0.2) is 41.3 Å². The fourth-order valence-corrected chi connectivity index (χ4v) is 4.24. The summed E-state index contributed by atoms with van der Waals surface area (Å²) < 4.78 is 13.1. The SMILES string of the molecule is Cc1c(Br)nc(OC(=O)Nc2ccc(N3CCN(C4COC4)CC3)cc2)c2nccn12. The van der Waals surface area contributed by atoms with Crippen molar-refractivity contribution in [3.63, 3.8) is 0 Å². The molecule has 10 heteroatoms. The Labute approximate surface area is 188 Å². The van der Waals surface area contributed by atoms with Crippen molar-refractivity contribution in [2.45, 2.75) is 13.0 Å². The average molecular weight is 487 g/mol. The zero-order chi connectivity index (χ0) is 21.4. The predicted octanol–water partition coefficient (Wildman–Crippen LogP) is 2.93. The lowest BCUT2D eigenvalue weighted by atomic mass is 10.1. The van der Waals surface area contributed by atoms with Gasteiger partial charge in [-0.25, -0.2) is 14.8 Å². The lowest BCUT2D eigenvalue weighted by Gasteiger charge is -2.43. The molecule has 4 heterocycles. The van der Waals surface area contributed by atoms with Crippen LogP contribution in [0.25, 0.3) is 5.65 Å². The largest absolute Gasteiger partial charge is 0.418 e. The quantitative estimate of drug-likeness (QED) is 0.606. The molecule has 2 aromatic heterocycles. The number of hydrogen-bond donors (Lipinski definition) is 1. The number of nitrogens with zero attached hydrogens (tertiary/aromatic N) is 5. The van der Waals surface area contributed by atoms with Gasteiger partial charge < -0.3 is 14.4 Å². The maximum absolute atomic E-state index is 12.4. The van der Waals surface area contributed by atoms with E-state index < -0.39 is 6.09 Å². The van der Waals surface area contributed by atoms with E-state index in [0.717, 1.165) is 50.8 Å². The summed E-state index contributed by atoms with van der Waals surface area (Å²) in [5.74, 6) is 0.145. The van der Waals surface area contributed by atoms with Gasteiger partial charge in [0, 0.05) is 49.9 Å². The number of imidazole rings is 1. The maximum atomic E-state index is 12.4. The van der Waals surface area contributed by atoms with E-state index in [0.29, 0.717) is 22.0 Å². The van der Waals surface area contributed by atoms with Crippen LogP contribution in [0.2, 0.25) is 0 Å². The summed E-state index contributed by atoms with van der Waals surface area (Å²) in [6.07, 6.45) is 2.82. The fourth-order valence-electron chi connectivity index (χ4n) is 3.89. The highest BCUT2D eigenvalue weighted by Crippen LogP contribution is 2.24. The molecule has 2 aliphatic rings. The zero-order valence-corrected chi connectivity index (χ0v) is 18.7. The minimum Gasteiger partial charge on any atom is -0.387 e. The van der Waals surface area contributed by atoms with Crippen LogP contribution in [-0.2, 0) is 4.74 Å². The number of aryl methyl sites for hydroxylation is 1. The summed E-state index contributed by atoms with van der Waals surface area (Å²) in [7, 11) is 0. The van der Waals surface area contributed by atoms with Gasteiger partial charge >= 0.3 is 6.09 Å². The average Bonchev–Trinajstić information content (AvgIpc) is 3.22. The third-order valence-corrected chi connectivity index (χ3v) is 6.56. The van der Waals surface area contributed by atoms with Crippen LogP contribution in [0.4, 0.5) is 16.2 Å². The van der Waals surface area contributed by atoms with Gasteiger partial charge in [0.1, 0.15) is 4.60 Å².